The van der Waals surface area contributed by atoms with Crippen molar-refractivity contribution in [1.82, 2.24) is 14.8 Å². The van der Waals surface area contributed by atoms with E-state index >= 15 is 0 Å². The van der Waals surface area contributed by atoms with E-state index in [0.717, 1.165) is 29.4 Å². The Morgan fingerprint density at radius 2 is 1.84 bits per heavy atom. The summed E-state index contributed by atoms with van der Waals surface area (Å²) in [5.74, 6) is 2.42. The Balaban J connectivity index is 1.62. The fourth-order valence-electron chi connectivity index (χ4n) is 4.21. The molecule has 1 aliphatic carbocycles. The van der Waals surface area contributed by atoms with Crippen molar-refractivity contribution in [2.24, 2.45) is 0 Å². The lowest BCUT2D eigenvalue weighted by molar-refractivity contribution is 0.330. The SMILES string of the molecule is COc1ccc(Cc2nnc(SCc3c(F)cccc3Cl)n2C2CCCCC2)cc1OC. The average Bonchev–Trinajstić information content (AvgIpc) is 3.21. The summed E-state index contributed by atoms with van der Waals surface area (Å²) in [5, 5.41) is 10.3. The van der Waals surface area contributed by atoms with Gasteiger partial charge in [-0.25, -0.2) is 4.39 Å². The van der Waals surface area contributed by atoms with E-state index in [1.165, 1.54) is 37.1 Å². The molecule has 0 N–H and O–H groups in total. The fourth-order valence-corrected chi connectivity index (χ4v) is 5.58. The largest absolute Gasteiger partial charge is 0.493 e. The number of hydrogen-bond acceptors (Lipinski definition) is 5. The van der Waals surface area contributed by atoms with Gasteiger partial charge in [0.2, 0.25) is 0 Å². The van der Waals surface area contributed by atoms with E-state index in [0.29, 0.717) is 40.3 Å². The molecule has 1 fully saturated rings. The minimum Gasteiger partial charge on any atom is -0.493 e. The Bertz CT molecular complexity index is 1050. The van der Waals surface area contributed by atoms with Gasteiger partial charge >= 0.3 is 0 Å². The molecule has 0 bridgehead atoms. The zero-order chi connectivity index (χ0) is 22.5. The van der Waals surface area contributed by atoms with Gasteiger partial charge in [0.05, 0.1) is 14.2 Å². The summed E-state index contributed by atoms with van der Waals surface area (Å²) in [5.41, 5.74) is 1.57. The zero-order valence-electron chi connectivity index (χ0n) is 18.3. The maximum absolute atomic E-state index is 14.3. The smallest absolute Gasteiger partial charge is 0.191 e. The number of hydrogen-bond donors (Lipinski definition) is 0. The third-order valence-electron chi connectivity index (χ3n) is 5.89. The van der Waals surface area contributed by atoms with Crippen LogP contribution < -0.4 is 9.47 Å². The Hall–Kier alpha value is -2.25. The van der Waals surface area contributed by atoms with E-state index in [-0.39, 0.29) is 5.82 Å². The van der Waals surface area contributed by atoms with Gasteiger partial charge in [-0.05, 0) is 42.7 Å². The molecule has 0 spiro atoms. The highest BCUT2D eigenvalue weighted by atomic mass is 35.5. The number of rotatable bonds is 8. The molecule has 170 valence electrons. The first-order valence-corrected chi connectivity index (χ1v) is 12.2. The highest BCUT2D eigenvalue weighted by Crippen LogP contribution is 2.36. The second-order valence-electron chi connectivity index (χ2n) is 7.92. The van der Waals surface area contributed by atoms with Crippen molar-refractivity contribution in [2.45, 2.75) is 55.5 Å². The first kappa shape index (κ1) is 22.9. The van der Waals surface area contributed by atoms with Crippen LogP contribution in [0.5, 0.6) is 11.5 Å². The molecule has 32 heavy (non-hydrogen) atoms. The van der Waals surface area contributed by atoms with Crippen LogP contribution >= 0.6 is 23.4 Å². The van der Waals surface area contributed by atoms with Gasteiger partial charge in [-0.15, -0.1) is 10.2 Å². The molecule has 1 heterocycles. The van der Waals surface area contributed by atoms with Crippen molar-refractivity contribution in [3.8, 4) is 11.5 Å². The van der Waals surface area contributed by atoms with Gasteiger partial charge in [-0.3, -0.25) is 0 Å². The van der Waals surface area contributed by atoms with Crippen molar-refractivity contribution in [3.63, 3.8) is 0 Å². The van der Waals surface area contributed by atoms with Crippen LogP contribution in [0.4, 0.5) is 4.39 Å². The van der Waals surface area contributed by atoms with Crippen molar-refractivity contribution in [2.75, 3.05) is 14.2 Å². The summed E-state index contributed by atoms with van der Waals surface area (Å²) >= 11 is 7.72. The van der Waals surface area contributed by atoms with Crippen LogP contribution in [0.2, 0.25) is 5.02 Å². The molecule has 5 nitrogen and oxygen atoms in total. The molecule has 1 saturated carbocycles. The first-order chi connectivity index (χ1) is 15.6. The summed E-state index contributed by atoms with van der Waals surface area (Å²) in [6.45, 7) is 0. The molecule has 0 unspecified atom stereocenters. The second-order valence-corrected chi connectivity index (χ2v) is 9.27. The van der Waals surface area contributed by atoms with Crippen LogP contribution in [0, 0.1) is 5.82 Å². The lowest BCUT2D eigenvalue weighted by atomic mass is 9.95. The molecule has 1 aliphatic rings. The van der Waals surface area contributed by atoms with E-state index in [4.69, 9.17) is 21.1 Å². The van der Waals surface area contributed by atoms with Crippen LogP contribution in [0.25, 0.3) is 0 Å². The molecule has 1 aromatic heterocycles. The van der Waals surface area contributed by atoms with Crippen LogP contribution in [0.1, 0.15) is 55.1 Å². The minimum atomic E-state index is -0.292. The first-order valence-electron chi connectivity index (χ1n) is 10.8. The molecule has 0 amide bonds. The Labute approximate surface area is 197 Å². The van der Waals surface area contributed by atoms with E-state index in [2.05, 4.69) is 14.8 Å². The normalized spacial score (nSPS) is 14.5. The van der Waals surface area contributed by atoms with Gasteiger partial charge in [-0.2, -0.15) is 0 Å². The molecule has 0 atom stereocenters. The fraction of sp³-hybridized carbons (Fsp3) is 0.417. The highest BCUT2D eigenvalue weighted by Gasteiger charge is 2.24. The third-order valence-corrected chi connectivity index (χ3v) is 7.22. The number of methoxy groups -OCH3 is 2. The minimum absolute atomic E-state index is 0.292. The predicted molar refractivity (Wildman–Crippen MR) is 125 cm³/mol. The van der Waals surface area contributed by atoms with Gasteiger partial charge < -0.3 is 14.0 Å². The van der Waals surface area contributed by atoms with Crippen molar-refractivity contribution < 1.29 is 13.9 Å². The third kappa shape index (κ3) is 5.04. The molecule has 3 aromatic rings. The van der Waals surface area contributed by atoms with E-state index < -0.39 is 0 Å². The summed E-state index contributed by atoms with van der Waals surface area (Å²) in [6.07, 6.45) is 6.49. The van der Waals surface area contributed by atoms with Gasteiger partial charge in [-0.1, -0.05) is 54.8 Å². The number of nitrogens with zero attached hydrogens (tertiary/aromatic N) is 3. The lowest BCUT2D eigenvalue weighted by Crippen LogP contribution is -2.17. The maximum Gasteiger partial charge on any atom is 0.191 e. The molecule has 8 heteroatoms. The van der Waals surface area contributed by atoms with Gasteiger partial charge in [0.1, 0.15) is 11.6 Å². The number of ether oxygens (including phenoxy) is 2. The zero-order valence-corrected chi connectivity index (χ0v) is 19.9. The van der Waals surface area contributed by atoms with Crippen LogP contribution in [-0.2, 0) is 12.2 Å². The Morgan fingerprint density at radius 1 is 1.06 bits per heavy atom. The number of aromatic nitrogens is 3. The molecule has 2 aromatic carbocycles. The van der Waals surface area contributed by atoms with E-state index in [1.54, 1.807) is 26.4 Å². The maximum atomic E-state index is 14.3. The molecular weight excluding hydrogens is 449 g/mol. The quantitative estimate of drug-likeness (QED) is 0.349. The Kier molecular flexibility index (Phi) is 7.58. The highest BCUT2D eigenvalue weighted by molar-refractivity contribution is 7.98. The van der Waals surface area contributed by atoms with Crippen LogP contribution in [-0.4, -0.2) is 29.0 Å². The summed E-state index contributed by atoms with van der Waals surface area (Å²) < 4.78 is 27.3. The van der Waals surface area contributed by atoms with Crippen molar-refractivity contribution in [1.29, 1.82) is 0 Å². The monoisotopic (exact) mass is 475 g/mol. The summed E-state index contributed by atoms with van der Waals surface area (Å²) in [6, 6.07) is 11.0. The van der Waals surface area contributed by atoms with Crippen LogP contribution in [0.3, 0.4) is 0 Å². The summed E-state index contributed by atoms with van der Waals surface area (Å²) in [4.78, 5) is 0. The lowest BCUT2D eigenvalue weighted by Gasteiger charge is -2.25. The number of benzene rings is 2. The number of halogens is 2. The number of thioether (sulfide) groups is 1. The second kappa shape index (κ2) is 10.6. The molecule has 4 rings (SSSR count). The molecule has 0 aliphatic heterocycles. The van der Waals surface area contributed by atoms with Crippen molar-refractivity contribution in [3.05, 3.63) is 64.2 Å². The van der Waals surface area contributed by atoms with Gasteiger partial charge in [0, 0.05) is 28.8 Å². The van der Waals surface area contributed by atoms with Gasteiger partial charge in [0.15, 0.2) is 16.7 Å². The molecular formula is C24H27ClFN3O2S. The average molecular weight is 476 g/mol. The topological polar surface area (TPSA) is 49.2 Å². The predicted octanol–water partition coefficient (Wildman–Crippen LogP) is 6.48. The van der Waals surface area contributed by atoms with Crippen LogP contribution in [0.15, 0.2) is 41.6 Å². The van der Waals surface area contributed by atoms with Crippen molar-refractivity contribution >= 4 is 23.4 Å². The van der Waals surface area contributed by atoms with Gasteiger partial charge in [0.25, 0.3) is 0 Å². The summed E-state index contributed by atoms with van der Waals surface area (Å²) in [7, 11) is 3.26. The molecule has 0 saturated heterocycles. The Morgan fingerprint density at radius 3 is 2.56 bits per heavy atom. The molecule has 0 radical (unpaired) electrons. The van der Waals surface area contributed by atoms with E-state index in [1.807, 2.05) is 18.2 Å². The van der Waals surface area contributed by atoms with E-state index in [9.17, 15) is 4.39 Å². The standard InChI is InChI=1S/C24H27ClFN3O2S/c1-30-21-12-11-16(13-22(21)31-2)14-23-27-28-24(29(23)17-7-4-3-5-8-17)32-15-18-19(25)9-6-10-20(18)26/h6,9-13,17H,3-5,7-8,14-15H2,1-2H3.